The fourth-order valence-corrected chi connectivity index (χ4v) is 2.01. The van der Waals surface area contributed by atoms with Crippen molar-refractivity contribution in [3.05, 3.63) is 0 Å². The summed E-state index contributed by atoms with van der Waals surface area (Å²) in [6.45, 7) is -3.06. The van der Waals surface area contributed by atoms with Crippen molar-refractivity contribution in [1.29, 1.82) is 0 Å². The van der Waals surface area contributed by atoms with Gasteiger partial charge in [0.05, 0.1) is 0 Å². The van der Waals surface area contributed by atoms with Crippen LogP contribution in [0.2, 0.25) is 0 Å². The Hall–Kier alpha value is 0. The lowest BCUT2D eigenvalue weighted by molar-refractivity contribution is -0.138. The fourth-order valence-electron chi connectivity index (χ4n) is 0.982. The summed E-state index contributed by atoms with van der Waals surface area (Å²) in [6.07, 6.45) is 2.64. The minimum atomic E-state index is -3.06. The first-order chi connectivity index (χ1) is 6.33. The van der Waals surface area contributed by atoms with Crippen molar-refractivity contribution in [1.82, 2.24) is 0 Å². The maximum absolute atomic E-state index is 10.3. The minimum absolute atomic E-state index is 0.227. The number of carbonyl (C=O) groups is 1. The predicted molar refractivity (Wildman–Crippen MR) is 57.7 cm³/mol. The van der Waals surface area contributed by atoms with E-state index >= 15 is 0 Å². The molecule has 0 fully saturated rings. The van der Waals surface area contributed by atoms with Gasteiger partial charge in [0, 0.05) is 6.16 Å². The van der Waals surface area contributed by atoms with E-state index in [2.05, 4.69) is 11.8 Å². The minimum Gasteiger partial charge on any atom is -0.480 e. The molecule has 14 heavy (non-hydrogen) atoms. The summed E-state index contributed by atoms with van der Waals surface area (Å²) >= 11 is 4.43. The Kier molecular flexibility index (Phi) is 6.48. The van der Waals surface area contributed by atoms with Crippen molar-refractivity contribution < 1.29 is 19.7 Å². The van der Waals surface area contributed by atoms with E-state index in [1.807, 2.05) is 0 Å². The molecule has 0 bridgehead atoms. The summed E-state index contributed by atoms with van der Waals surface area (Å²) in [6, 6.07) is -0.818. The van der Waals surface area contributed by atoms with E-state index < -0.39 is 18.5 Å². The third-order valence-corrected chi connectivity index (χ3v) is 3.23. The van der Waals surface area contributed by atoms with Crippen molar-refractivity contribution in [2.45, 2.75) is 31.7 Å². The van der Waals surface area contributed by atoms with Gasteiger partial charge in [0.2, 0.25) is 0 Å². The summed E-state index contributed by atoms with van der Waals surface area (Å²) in [4.78, 5) is 28.1. The summed E-state index contributed by atoms with van der Waals surface area (Å²) in [5.41, 5.74) is 5.27. The van der Waals surface area contributed by atoms with E-state index in [4.69, 9.17) is 20.6 Å². The maximum atomic E-state index is 10.3. The summed E-state index contributed by atoms with van der Waals surface area (Å²) in [5, 5.41) is 8.45. The molecule has 0 saturated carbocycles. The molecule has 0 aliphatic carbocycles. The molecule has 1 atom stereocenters. The molecule has 5 nitrogen and oxygen atoms in total. The zero-order valence-electron chi connectivity index (χ0n) is 7.80. The van der Waals surface area contributed by atoms with Crippen molar-refractivity contribution in [2.24, 2.45) is 5.73 Å². The van der Waals surface area contributed by atoms with Crippen LogP contribution in [-0.4, -0.2) is 33.1 Å². The maximum Gasteiger partial charge on any atom is 0.320 e. The van der Waals surface area contributed by atoms with Gasteiger partial charge >= 0.3 is 5.97 Å². The number of carboxylic acid groups (broad SMARTS) is 1. The number of hydrogen-bond donors (Lipinski definition) is 4. The molecule has 0 aromatic heterocycles. The standard InChI is InChI=1S/C7H16NO4PS/c8-6(7(9)10)4-2-1-3-5-13(11,12)14/h6H,1-5,8H2,(H,9,10)(H2,11,12,14). The number of rotatable bonds is 7. The first-order valence-electron chi connectivity index (χ1n) is 4.36. The lowest BCUT2D eigenvalue weighted by atomic mass is 10.1. The van der Waals surface area contributed by atoms with E-state index in [1.54, 1.807) is 0 Å². The molecule has 0 aromatic rings. The van der Waals surface area contributed by atoms with Crippen LogP contribution in [0, 0.1) is 0 Å². The molecule has 5 N–H and O–H groups in total. The second kappa shape index (κ2) is 6.48. The van der Waals surface area contributed by atoms with Crippen LogP contribution in [0.4, 0.5) is 0 Å². The van der Waals surface area contributed by atoms with Gasteiger partial charge in [-0.25, -0.2) is 0 Å². The van der Waals surface area contributed by atoms with Crippen LogP contribution in [0.5, 0.6) is 0 Å². The van der Waals surface area contributed by atoms with E-state index in [0.717, 1.165) is 6.42 Å². The van der Waals surface area contributed by atoms with Crippen LogP contribution in [0.25, 0.3) is 0 Å². The Balaban J connectivity index is 3.39. The molecule has 0 saturated heterocycles. The van der Waals surface area contributed by atoms with Crippen LogP contribution < -0.4 is 5.73 Å². The van der Waals surface area contributed by atoms with E-state index in [9.17, 15) is 4.79 Å². The summed E-state index contributed by atoms with van der Waals surface area (Å²) in [5.74, 6) is -1.00. The van der Waals surface area contributed by atoms with Crippen molar-refractivity contribution in [2.75, 3.05) is 6.16 Å². The Labute approximate surface area is 88.1 Å². The van der Waals surface area contributed by atoms with Gasteiger partial charge in [0.25, 0.3) is 0 Å². The Morgan fingerprint density at radius 1 is 1.36 bits per heavy atom. The SMILES string of the molecule is NC(CCCCCP(O)(O)=S)C(=O)O. The van der Waals surface area contributed by atoms with Crippen molar-refractivity contribution in [3.63, 3.8) is 0 Å². The molecule has 0 radical (unpaired) electrons. The average Bonchev–Trinajstić information content (AvgIpc) is 2.01. The third-order valence-electron chi connectivity index (χ3n) is 1.78. The van der Waals surface area contributed by atoms with Gasteiger partial charge in [-0.15, -0.1) is 0 Å². The Bertz CT molecular complexity index is 230. The molecule has 0 heterocycles. The third kappa shape index (κ3) is 8.59. The van der Waals surface area contributed by atoms with Crippen LogP contribution in [0.15, 0.2) is 0 Å². The number of aliphatic carboxylic acids is 1. The van der Waals surface area contributed by atoms with E-state index in [0.29, 0.717) is 19.3 Å². The highest BCUT2D eigenvalue weighted by molar-refractivity contribution is 8.09. The van der Waals surface area contributed by atoms with E-state index in [1.165, 1.54) is 0 Å². The quantitative estimate of drug-likeness (QED) is 0.376. The first-order valence-corrected chi connectivity index (χ1v) is 7.25. The first kappa shape index (κ1) is 14.0. The second-order valence-corrected chi connectivity index (χ2v) is 6.71. The van der Waals surface area contributed by atoms with Crippen LogP contribution >= 0.6 is 6.49 Å². The van der Waals surface area contributed by atoms with Gasteiger partial charge in [-0.05, 0) is 24.6 Å². The molecule has 0 aliphatic rings. The highest BCUT2D eigenvalue weighted by Gasteiger charge is 2.11. The normalized spacial score (nSPS) is 13.9. The van der Waals surface area contributed by atoms with Gasteiger partial charge in [-0.3, -0.25) is 4.79 Å². The monoisotopic (exact) mass is 241 g/mol. The van der Waals surface area contributed by atoms with Crippen molar-refractivity contribution in [3.8, 4) is 0 Å². The Morgan fingerprint density at radius 2 is 1.93 bits per heavy atom. The molecule has 0 aliphatic heterocycles. The largest absolute Gasteiger partial charge is 0.480 e. The molecule has 0 spiro atoms. The van der Waals surface area contributed by atoms with Gasteiger partial charge in [-0.2, -0.15) is 0 Å². The molecule has 0 amide bonds. The lowest BCUT2D eigenvalue weighted by Gasteiger charge is -2.08. The molecule has 84 valence electrons. The van der Waals surface area contributed by atoms with Gasteiger partial charge in [0.15, 0.2) is 6.49 Å². The molecule has 7 heteroatoms. The summed E-state index contributed by atoms with van der Waals surface area (Å²) < 4.78 is 0. The van der Waals surface area contributed by atoms with Gasteiger partial charge in [-0.1, -0.05) is 12.8 Å². The smallest absolute Gasteiger partial charge is 0.320 e. The van der Waals surface area contributed by atoms with Crippen LogP contribution in [0.3, 0.4) is 0 Å². The average molecular weight is 241 g/mol. The van der Waals surface area contributed by atoms with Crippen molar-refractivity contribution >= 4 is 24.3 Å². The number of hydrogen-bond acceptors (Lipinski definition) is 3. The van der Waals surface area contributed by atoms with E-state index in [-0.39, 0.29) is 6.16 Å². The number of unbranched alkanes of at least 4 members (excludes halogenated alkanes) is 2. The Morgan fingerprint density at radius 3 is 2.36 bits per heavy atom. The molecule has 1 unspecified atom stereocenters. The highest BCUT2D eigenvalue weighted by Crippen LogP contribution is 2.36. The van der Waals surface area contributed by atoms with Crippen LogP contribution in [-0.2, 0) is 16.6 Å². The molecular formula is C7H16NO4PS. The molecular weight excluding hydrogens is 225 g/mol. The highest BCUT2D eigenvalue weighted by atomic mass is 32.5. The van der Waals surface area contributed by atoms with Crippen LogP contribution in [0.1, 0.15) is 25.7 Å². The van der Waals surface area contributed by atoms with Gasteiger partial charge < -0.3 is 20.6 Å². The molecule has 0 rings (SSSR count). The summed E-state index contributed by atoms with van der Waals surface area (Å²) in [7, 11) is 0. The lowest BCUT2D eigenvalue weighted by Crippen LogP contribution is -2.29. The fraction of sp³-hybridized carbons (Fsp3) is 0.857. The zero-order chi connectivity index (χ0) is 11.2. The second-order valence-electron chi connectivity index (χ2n) is 3.18. The number of carboxylic acids is 1. The molecule has 0 aromatic carbocycles. The zero-order valence-corrected chi connectivity index (χ0v) is 9.51. The number of nitrogens with two attached hydrogens (primary N) is 1. The predicted octanol–water partition coefficient (Wildman–Crippen LogP) is 0.253. The van der Waals surface area contributed by atoms with Gasteiger partial charge in [0.1, 0.15) is 6.04 Å². The topological polar surface area (TPSA) is 104 Å².